The van der Waals surface area contributed by atoms with Crippen molar-refractivity contribution in [2.75, 3.05) is 13.7 Å². The zero-order valence-corrected chi connectivity index (χ0v) is 14.9. The van der Waals surface area contributed by atoms with E-state index >= 15 is 0 Å². The van der Waals surface area contributed by atoms with Crippen molar-refractivity contribution in [3.8, 4) is 11.5 Å². The molecular weight excluding hydrogens is 322 g/mol. The number of methoxy groups -OCH3 is 1. The lowest BCUT2D eigenvalue weighted by Gasteiger charge is -2.15. The lowest BCUT2D eigenvalue weighted by atomic mass is 10.3. The Balaban J connectivity index is 1.85. The number of hydrogen-bond donors (Lipinski definition) is 1. The predicted molar refractivity (Wildman–Crippen MR) is 94.1 cm³/mol. The number of ether oxygens (including phenoxy) is 2. The van der Waals surface area contributed by atoms with Gasteiger partial charge in [0.15, 0.2) is 6.10 Å². The Morgan fingerprint density at radius 1 is 1.24 bits per heavy atom. The molecule has 0 saturated carbocycles. The first kappa shape index (κ1) is 18.5. The van der Waals surface area contributed by atoms with Crippen LogP contribution in [0.15, 0.2) is 35.4 Å². The molecule has 2 rings (SSSR count). The minimum atomic E-state index is -0.650. The molecule has 134 valence electrons. The van der Waals surface area contributed by atoms with Crippen molar-refractivity contribution in [2.24, 2.45) is 0 Å². The zero-order chi connectivity index (χ0) is 18.4. The Morgan fingerprint density at radius 2 is 1.88 bits per heavy atom. The third-order valence-corrected chi connectivity index (χ3v) is 3.91. The molecule has 1 N–H and O–H groups in total. The first-order chi connectivity index (χ1) is 11.9. The molecule has 1 aromatic heterocycles. The zero-order valence-electron chi connectivity index (χ0n) is 14.9. The van der Waals surface area contributed by atoms with Crippen molar-refractivity contribution in [3.63, 3.8) is 0 Å². The van der Waals surface area contributed by atoms with Crippen LogP contribution in [0.4, 0.5) is 0 Å². The van der Waals surface area contributed by atoms with Crippen molar-refractivity contribution in [2.45, 2.75) is 33.4 Å². The number of aromatic nitrogens is 2. The Kier molecular flexibility index (Phi) is 6.16. The van der Waals surface area contributed by atoms with Gasteiger partial charge in [0.05, 0.1) is 13.4 Å². The van der Waals surface area contributed by atoms with Crippen LogP contribution in [0.3, 0.4) is 0 Å². The van der Waals surface area contributed by atoms with E-state index < -0.39 is 6.10 Å². The second-order valence-electron chi connectivity index (χ2n) is 5.68. The minimum Gasteiger partial charge on any atom is -0.497 e. The second-order valence-corrected chi connectivity index (χ2v) is 5.68. The number of nitrogens with zero attached hydrogens (tertiary/aromatic N) is 2. The summed E-state index contributed by atoms with van der Waals surface area (Å²) in [5, 5.41) is 2.76. The third kappa shape index (κ3) is 4.82. The molecule has 0 aliphatic carbocycles. The van der Waals surface area contributed by atoms with E-state index in [4.69, 9.17) is 9.47 Å². The van der Waals surface area contributed by atoms with Crippen LogP contribution in [0.2, 0.25) is 0 Å². The van der Waals surface area contributed by atoms with Gasteiger partial charge in [-0.05, 0) is 45.0 Å². The maximum atomic E-state index is 12.1. The van der Waals surface area contributed by atoms with Gasteiger partial charge in [-0.1, -0.05) is 0 Å². The first-order valence-electron chi connectivity index (χ1n) is 8.03. The molecule has 1 amide bonds. The lowest BCUT2D eigenvalue weighted by Crippen LogP contribution is -2.39. The van der Waals surface area contributed by atoms with Gasteiger partial charge in [0.2, 0.25) is 0 Å². The topological polar surface area (TPSA) is 82.4 Å². The van der Waals surface area contributed by atoms with E-state index in [2.05, 4.69) is 10.3 Å². The van der Waals surface area contributed by atoms with Crippen LogP contribution in [0.5, 0.6) is 11.5 Å². The molecule has 0 spiro atoms. The molecule has 7 nitrogen and oxygen atoms in total. The highest BCUT2D eigenvalue weighted by atomic mass is 16.5. The summed E-state index contributed by atoms with van der Waals surface area (Å²) in [5.74, 6) is 1.05. The number of rotatable bonds is 7. The molecule has 0 aliphatic rings. The Bertz CT molecular complexity index is 784. The van der Waals surface area contributed by atoms with Crippen LogP contribution in [0.1, 0.15) is 18.2 Å². The van der Waals surface area contributed by atoms with E-state index in [1.54, 1.807) is 52.1 Å². The van der Waals surface area contributed by atoms with E-state index in [0.29, 0.717) is 30.1 Å². The molecule has 0 radical (unpaired) electrons. The van der Waals surface area contributed by atoms with Gasteiger partial charge >= 0.3 is 0 Å². The van der Waals surface area contributed by atoms with E-state index in [9.17, 15) is 9.59 Å². The number of nitrogens with one attached hydrogen (secondary N) is 1. The van der Waals surface area contributed by atoms with E-state index in [-0.39, 0.29) is 11.5 Å². The molecular formula is C18H23N3O4. The molecule has 7 heteroatoms. The highest BCUT2D eigenvalue weighted by Gasteiger charge is 2.14. The Labute approximate surface area is 146 Å². The first-order valence-corrected chi connectivity index (χ1v) is 8.03. The summed E-state index contributed by atoms with van der Waals surface area (Å²) in [6.45, 7) is 5.88. The van der Waals surface area contributed by atoms with E-state index in [1.807, 2.05) is 0 Å². The maximum Gasteiger partial charge on any atom is 0.260 e. The molecule has 1 unspecified atom stereocenters. The fourth-order valence-corrected chi connectivity index (χ4v) is 2.19. The fraction of sp³-hybridized carbons (Fsp3) is 0.389. The summed E-state index contributed by atoms with van der Waals surface area (Å²) in [4.78, 5) is 28.3. The normalized spacial score (nSPS) is 11.7. The average molecular weight is 345 g/mol. The number of aryl methyl sites for hydroxylation is 1. The van der Waals surface area contributed by atoms with Crippen LogP contribution >= 0.6 is 0 Å². The molecule has 0 aliphatic heterocycles. The molecule has 2 aromatic rings. The molecule has 1 aromatic carbocycles. The average Bonchev–Trinajstić information content (AvgIpc) is 2.62. The highest BCUT2D eigenvalue weighted by molar-refractivity contribution is 5.80. The van der Waals surface area contributed by atoms with Gasteiger partial charge in [0.25, 0.3) is 11.5 Å². The maximum absolute atomic E-state index is 12.1. The number of amides is 1. The molecule has 1 atom stereocenters. The molecule has 0 bridgehead atoms. The largest absolute Gasteiger partial charge is 0.497 e. The van der Waals surface area contributed by atoms with Crippen molar-refractivity contribution in [3.05, 3.63) is 52.2 Å². The van der Waals surface area contributed by atoms with Gasteiger partial charge in [-0.15, -0.1) is 0 Å². The number of carbonyl (C=O) groups is 1. The Morgan fingerprint density at radius 3 is 2.52 bits per heavy atom. The van der Waals surface area contributed by atoms with E-state index in [1.165, 1.54) is 10.9 Å². The van der Waals surface area contributed by atoms with Crippen LogP contribution in [-0.2, 0) is 11.3 Å². The lowest BCUT2D eigenvalue weighted by molar-refractivity contribution is -0.127. The molecule has 1 heterocycles. The standard InChI is InChI=1S/C18H23N3O4/c1-12-13(2)20-11-21(18(12)23)10-9-19-17(22)14(3)25-16-7-5-15(24-4)6-8-16/h5-8,11,14H,9-10H2,1-4H3,(H,19,22). The summed E-state index contributed by atoms with van der Waals surface area (Å²) in [7, 11) is 1.59. The number of hydrogen-bond acceptors (Lipinski definition) is 5. The van der Waals surface area contributed by atoms with Crippen LogP contribution < -0.4 is 20.3 Å². The summed E-state index contributed by atoms with van der Waals surface area (Å²) in [6.07, 6.45) is 0.844. The van der Waals surface area contributed by atoms with Gasteiger partial charge in [0, 0.05) is 24.3 Å². The summed E-state index contributed by atoms with van der Waals surface area (Å²) < 4.78 is 12.1. The molecule has 0 saturated heterocycles. The summed E-state index contributed by atoms with van der Waals surface area (Å²) in [5.41, 5.74) is 1.24. The second kappa shape index (κ2) is 8.32. The Hall–Kier alpha value is -2.83. The van der Waals surface area contributed by atoms with Gasteiger partial charge in [-0.2, -0.15) is 0 Å². The predicted octanol–water partition coefficient (Wildman–Crippen LogP) is 1.45. The minimum absolute atomic E-state index is 0.0933. The SMILES string of the molecule is COc1ccc(OC(C)C(=O)NCCn2cnc(C)c(C)c2=O)cc1. The highest BCUT2D eigenvalue weighted by Crippen LogP contribution is 2.18. The molecule has 25 heavy (non-hydrogen) atoms. The van der Waals surface area contributed by atoms with Gasteiger partial charge < -0.3 is 14.8 Å². The van der Waals surface area contributed by atoms with Crippen LogP contribution in [0, 0.1) is 13.8 Å². The summed E-state index contributed by atoms with van der Waals surface area (Å²) in [6, 6.07) is 7.00. The summed E-state index contributed by atoms with van der Waals surface area (Å²) >= 11 is 0. The quantitative estimate of drug-likeness (QED) is 0.821. The van der Waals surface area contributed by atoms with Crippen molar-refractivity contribution < 1.29 is 14.3 Å². The number of benzene rings is 1. The van der Waals surface area contributed by atoms with Gasteiger partial charge in [0.1, 0.15) is 11.5 Å². The fourth-order valence-electron chi connectivity index (χ4n) is 2.19. The smallest absolute Gasteiger partial charge is 0.260 e. The van der Waals surface area contributed by atoms with Crippen molar-refractivity contribution in [1.82, 2.24) is 14.9 Å². The third-order valence-electron chi connectivity index (χ3n) is 3.91. The number of carbonyl (C=O) groups excluding carboxylic acids is 1. The van der Waals surface area contributed by atoms with Crippen LogP contribution in [0.25, 0.3) is 0 Å². The van der Waals surface area contributed by atoms with Crippen LogP contribution in [-0.4, -0.2) is 35.2 Å². The van der Waals surface area contributed by atoms with Crippen molar-refractivity contribution >= 4 is 5.91 Å². The van der Waals surface area contributed by atoms with E-state index in [0.717, 1.165) is 5.75 Å². The van der Waals surface area contributed by atoms with Gasteiger partial charge in [-0.25, -0.2) is 4.98 Å². The van der Waals surface area contributed by atoms with Gasteiger partial charge in [-0.3, -0.25) is 14.2 Å². The molecule has 0 fully saturated rings. The van der Waals surface area contributed by atoms with Crippen molar-refractivity contribution in [1.29, 1.82) is 0 Å². The monoisotopic (exact) mass is 345 g/mol.